The SMILES string of the molecule is O=c1c2cc(C(F)(F)F)cc(Br)c2ncn1Cc1cc(Cl)ccc1S(=O)(=O)C1CC1. The number of sulfone groups is 1. The van der Waals surface area contributed by atoms with Crippen molar-refractivity contribution in [2.45, 2.75) is 35.7 Å². The van der Waals surface area contributed by atoms with E-state index in [9.17, 15) is 26.4 Å². The van der Waals surface area contributed by atoms with Gasteiger partial charge in [-0.25, -0.2) is 13.4 Å². The van der Waals surface area contributed by atoms with Crippen LogP contribution in [0, 0.1) is 0 Å². The van der Waals surface area contributed by atoms with E-state index in [4.69, 9.17) is 11.6 Å². The van der Waals surface area contributed by atoms with Crippen LogP contribution < -0.4 is 5.56 Å². The lowest BCUT2D eigenvalue weighted by Crippen LogP contribution is -2.23. The molecular weight excluding hydrogens is 509 g/mol. The molecule has 158 valence electrons. The Hall–Kier alpha value is -1.91. The van der Waals surface area contributed by atoms with Crippen molar-refractivity contribution < 1.29 is 21.6 Å². The Labute approximate surface area is 182 Å². The van der Waals surface area contributed by atoms with Crippen molar-refractivity contribution in [2.75, 3.05) is 0 Å². The van der Waals surface area contributed by atoms with Crippen molar-refractivity contribution in [3.8, 4) is 0 Å². The predicted molar refractivity (Wildman–Crippen MR) is 109 cm³/mol. The largest absolute Gasteiger partial charge is 0.416 e. The molecule has 5 nitrogen and oxygen atoms in total. The van der Waals surface area contributed by atoms with Crippen molar-refractivity contribution in [3.63, 3.8) is 0 Å². The molecule has 0 bridgehead atoms. The first-order valence-electron chi connectivity index (χ1n) is 8.76. The average molecular weight is 522 g/mol. The van der Waals surface area contributed by atoms with Gasteiger partial charge in [0.05, 0.1) is 39.5 Å². The first kappa shape index (κ1) is 21.3. The molecule has 0 amide bonds. The number of aromatic nitrogens is 2. The molecule has 1 aromatic heterocycles. The molecule has 0 saturated heterocycles. The lowest BCUT2D eigenvalue weighted by atomic mass is 10.1. The van der Waals surface area contributed by atoms with Gasteiger partial charge in [-0.05, 0) is 64.7 Å². The maximum atomic E-state index is 13.2. The van der Waals surface area contributed by atoms with E-state index in [0.29, 0.717) is 12.8 Å². The summed E-state index contributed by atoms with van der Waals surface area (Å²) in [6, 6.07) is 5.88. The second kappa shape index (κ2) is 7.35. The van der Waals surface area contributed by atoms with Gasteiger partial charge in [-0.2, -0.15) is 13.2 Å². The third kappa shape index (κ3) is 3.88. The van der Waals surface area contributed by atoms with E-state index in [-0.39, 0.29) is 37.4 Å². The van der Waals surface area contributed by atoms with E-state index in [1.807, 2.05) is 0 Å². The zero-order chi connectivity index (χ0) is 21.8. The average Bonchev–Trinajstić information content (AvgIpc) is 3.49. The summed E-state index contributed by atoms with van der Waals surface area (Å²) >= 11 is 9.05. The van der Waals surface area contributed by atoms with Crippen LogP contribution >= 0.6 is 27.5 Å². The molecule has 0 N–H and O–H groups in total. The number of hydrogen-bond donors (Lipinski definition) is 0. The highest BCUT2D eigenvalue weighted by Crippen LogP contribution is 2.36. The van der Waals surface area contributed by atoms with Gasteiger partial charge < -0.3 is 0 Å². The number of fused-ring (bicyclic) bond motifs is 1. The highest BCUT2D eigenvalue weighted by molar-refractivity contribution is 9.10. The number of nitrogens with zero attached hydrogens (tertiary/aromatic N) is 2. The smallest absolute Gasteiger partial charge is 0.294 e. The van der Waals surface area contributed by atoms with E-state index < -0.39 is 32.4 Å². The highest BCUT2D eigenvalue weighted by Gasteiger charge is 2.38. The summed E-state index contributed by atoms with van der Waals surface area (Å²) in [6.45, 7) is -0.197. The van der Waals surface area contributed by atoms with Crippen molar-refractivity contribution in [2.24, 2.45) is 0 Å². The molecule has 4 rings (SSSR count). The van der Waals surface area contributed by atoms with Crippen LogP contribution in [0.2, 0.25) is 5.02 Å². The van der Waals surface area contributed by atoms with Crippen molar-refractivity contribution >= 4 is 48.3 Å². The Morgan fingerprint density at radius 1 is 1.20 bits per heavy atom. The first-order valence-corrected chi connectivity index (χ1v) is 11.5. The van der Waals surface area contributed by atoms with Gasteiger partial charge in [-0.3, -0.25) is 9.36 Å². The molecule has 0 unspecified atom stereocenters. The van der Waals surface area contributed by atoms with Gasteiger partial charge >= 0.3 is 6.18 Å². The third-order valence-corrected chi connectivity index (χ3v) is 8.04. The quantitative estimate of drug-likeness (QED) is 0.494. The summed E-state index contributed by atoms with van der Waals surface area (Å²) in [5, 5.41) is -0.411. The van der Waals surface area contributed by atoms with Gasteiger partial charge in [-0.1, -0.05) is 11.6 Å². The number of hydrogen-bond acceptors (Lipinski definition) is 4. The molecule has 11 heteroatoms. The minimum atomic E-state index is -4.64. The second-order valence-electron chi connectivity index (χ2n) is 7.03. The fraction of sp³-hybridized carbons (Fsp3) is 0.263. The molecule has 0 radical (unpaired) electrons. The Balaban J connectivity index is 1.85. The Kier molecular flexibility index (Phi) is 5.22. The van der Waals surface area contributed by atoms with E-state index in [1.54, 1.807) is 0 Å². The van der Waals surface area contributed by atoms with Crippen LogP contribution in [0.15, 0.2) is 50.8 Å². The molecule has 1 aliphatic carbocycles. The monoisotopic (exact) mass is 520 g/mol. The lowest BCUT2D eigenvalue weighted by Gasteiger charge is -2.14. The van der Waals surface area contributed by atoms with Gasteiger partial charge in [0.15, 0.2) is 9.84 Å². The van der Waals surface area contributed by atoms with Crippen molar-refractivity contribution in [1.82, 2.24) is 9.55 Å². The number of benzene rings is 2. The minimum Gasteiger partial charge on any atom is -0.294 e. The van der Waals surface area contributed by atoms with Crippen LogP contribution in [0.5, 0.6) is 0 Å². The Bertz CT molecular complexity index is 1340. The second-order valence-corrected chi connectivity index (χ2v) is 10.5. The molecule has 0 spiro atoms. The summed E-state index contributed by atoms with van der Waals surface area (Å²) in [5.74, 6) is 0. The first-order chi connectivity index (χ1) is 14.0. The fourth-order valence-electron chi connectivity index (χ4n) is 3.19. The number of halogens is 5. The normalized spacial score (nSPS) is 15.0. The van der Waals surface area contributed by atoms with Gasteiger partial charge in [0, 0.05) is 9.50 Å². The van der Waals surface area contributed by atoms with Gasteiger partial charge in [0.2, 0.25) is 0 Å². The van der Waals surface area contributed by atoms with Crippen LogP contribution in [0.4, 0.5) is 13.2 Å². The molecule has 3 aromatic rings. The topological polar surface area (TPSA) is 69.0 Å². The summed E-state index contributed by atoms with van der Waals surface area (Å²) < 4.78 is 66.0. The standard InChI is InChI=1S/C19H13BrClF3N2O3S/c20-15-7-11(19(22,23)24)6-14-17(15)25-9-26(18(14)27)8-10-5-12(21)1-4-16(10)30(28,29)13-2-3-13/h1,4-7,9,13H,2-3,8H2. The van der Waals surface area contributed by atoms with Gasteiger partial charge in [0.1, 0.15) is 0 Å². The minimum absolute atomic E-state index is 0.0383. The molecule has 1 aliphatic rings. The molecule has 2 aromatic carbocycles. The molecule has 30 heavy (non-hydrogen) atoms. The third-order valence-electron chi connectivity index (χ3n) is 4.84. The zero-order valence-electron chi connectivity index (χ0n) is 15.1. The predicted octanol–water partition coefficient (Wildman–Crippen LogP) is 4.82. The molecule has 0 aliphatic heterocycles. The molecular formula is C19H13BrClF3N2O3S. The van der Waals surface area contributed by atoms with E-state index >= 15 is 0 Å². The van der Waals surface area contributed by atoms with Crippen molar-refractivity contribution in [1.29, 1.82) is 0 Å². The summed E-state index contributed by atoms with van der Waals surface area (Å²) in [6.07, 6.45) is -2.33. The summed E-state index contributed by atoms with van der Waals surface area (Å²) in [5.41, 5.74) is -1.34. The van der Waals surface area contributed by atoms with E-state index in [2.05, 4.69) is 20.9 Å². The summed E-state index contributed by atoms with van der Waals surface area (Å²) in [7, 11) is -3.57. The lowest BCUT2D eigenvalue weighted by molar-refractivity contribution is -0.137. The summed E-state index contributed by atoms with van der Waals surface area (Å²) in [4.78, 5) is 17.1. The molecule has 1 saturated carbocycles. The van der Waals surface area contributed by atoms with Crippen LogP contribution in [0.1, 0.15) is 24.0 Å². The molecule has 0 atom stereocenters. The van der Waals surface area contributed by atoms with Crippen molar-refractivity contribution in [3.05, 3.63) is 67.6 Å². The van der Waals surface area contributed by atoms with Gasteiger partial charge in [0.25, 0.3) is 5.56 Å². The van der Waals surface area contributed by atoms with E-state index in [0.717, 1.165) is 16.7 Å². The molecule has 1 heterocycles. The molecule has 1 fully saturated rings. The Morgan fingerprint density at radius 3 is 2.53 bits per heavy atom. The number of alkyl halides is 3. The maximum Gasteiger partial charge on any atom is 0.416 e. The highest BCUT2D eigenvalue weighted by atomic mass is 79.9. The Morgan fingerprint density at radius 2 is 1.90 bits per heavy atom. The van der Waals surface area contributed by atoms with Crippen LogP contribution in [-0.4, -0.2) is 23.2 Å². The van der Waals surface area contributed by atoms with E-state index in [1.165, 1.54) is 24.5 Å². The van der Waals surface area contributed by atoms with Crippen LogP contribution in [0.3, 0.4) is 0 Å². The number of rotatable bonds is 4. The van der Waals surface area contributed by atoms with Crippen LogP contribution in [-0.2, 0) is 22.6 Å². The van der Waals surface area contributed by atoms with Gasteiger partial charge in [-0.15, -0.1) is 0 Å². The maximum absolute atomic E-state index is 13.2. The van der Waals surface area contributed by atoms with Crippen LogP contribution in [0.25, 0.3) is 10.9 Å². The zero-order valence-corrected chi connectivity index (χ0v) is 18.2. The fourth-order valence-corrected chi connectivity index (χ4v) is 5.81.